The molecule has 4 aliphatic rings. The fraction of sp³-hybridized carbons (Fsp3) is 0.191. The molecular weight excluding hydrogens is 1900 g/mol. The zero-order chi connectivity index (χ0) is 98.2. The summed E-state index contributed by atoms with van der Waals surface area (Å²) < 4.78 is 0. The highest BCUT2D eigenvalue weighted by atomic mass is 32.1. The molecule has 34 heteroatoms. The number of nitrogens with two attached hydrogens (primary N) is 2. The number of hydrogen-bond donors (Lipinski definition) is 4. The number of aliphatic hydroxyl groups is 1. The van der Waals surface area contributed by atoms with E-state index in [1.54, 1.807) is 99.5 Å². The van der Waals surface area contributed by atoms with E-state index in [0.29, 0.717) is 120 Å². The molecule has 20 aromatic rings. The lowest BCUT2D eigenvalue weighted by molar-refractivity contribution is -0.129. The number of nitrogens with one attached hydrogen (secondary N) is 1. The van der Waals surface area contributed by atoms with E-state index in [2.05, 4.69) is 137 Å². The van der Waals surface area contributed by atoms with E-state index in [1.807, 2.05) is 187 Å². The predicted octanol–water partition coefficient (Wildman–Crippen LogP) is 20.6. The van der Waals surface area contributed by atoms with Gasteiger partial charge < -0.3 is 51.3 Å². The quantitative estimate of drug-likeness (QED) is 0.0546. The van der Waals surface area contributed by atoms with Crippen molar-refractivity contribution in [1.82, 2.24) is 84.6 Å². The normalized spacial score (nSPS) is 14.2. The van der Waals surface area contributed by atoms with E-state index < -0.39 is 0 Å². The Labute approximate surface area is 849 Å². The van der Waals surface area contributed by atoms with Gasteiger partial charge in [-0.25, -0.2) is 54.6 Å². The molecule has 0 bridgehead atoms. The average Bonchev–Trinajstić information content (AvgIpc) is 1.60. The minimum atomic E-state index is -0.378. The zero-order valence-electron chi connectivity index (χ0n) is 78.5. The van der Waals surface area contributed by atoms with Crippen LogP contribution in [-0.2, 0) is 14.4 Å². The maximum absolute atomic E-state index is 11.9. The van der Waals surface area contributed by atoms with E-state index in [1.165, 1.54) is 0 Å². The van der Waals surface area contributed by atoms with Gasteiger partial charge in [0, 0.05) is 197 Å². The molecule has 5 aromatic carbocycles. The Kier molecular flexibility index (Phi) is 29.7. The Morgan fingerprint density at radius 2 is 0.639 bits per heavy atom. The molecule has 29 nitrogen and oxygen atoms in total. The molecule has 1 unspecified atom stereocenters. The molecule has 144 heavy (non-hydrogen) atoms. The summed E-state index contributed by atoms with van der Waals surface area (Å²) in [5, 5.41) is 28.4. The third-order valence-electron chi connectivity index (χ3n) is 25.3. The second-order valence-corrected chi connectivity index (χ2v) is 38.7. The number of piperidine rings is 2. The van der Waals surface area contributed by atoms with Crippen LogP contribution in [0.1, 0.15) is 39.0 Å². The van der Waals surface area contributed by atoms with Crippen molar-refractivity contribution in [2.75, 3.05) is 117 Å². The maximum atomic E-state index is 11.9. The van der Waals surface area contributed by atoms with Crippen LogP contribution in [0.2, 0.25) is 0 Å². The highest BCUT2D eigenvalue weighted by Gasteiger charge is 2.33. The van der Waals surface area contributed by atoms with E-state index in [0.717, 1.165) is 197 Å². The topological polar surface area (TPSA) is 365 Å². The summed E-state index contributed by atoms with van der Waals surface area (Å²) in [5.41, 5.74) is 26.2. The summed E-state index contributed by atoms with van der Waals surface area (Å²) in [4.78, 5) is 135. The Morgan fingerprint density at radius 1 is 0.347 bits per heavy atom. The van der Waals surface area contributed by atoms with Crippen LogP contribution in [0.3, 0.4) is 0 Å². The Hall–Kier alpha value is -16.1. The first kappa shape index (κ1) is 95.4. The fourth-order valence-corrected chi connectivity index (χ4v) is 22.6. The number of piperazine rings is 2. The summed E-state index contributed by atoms with van der Waals surface area (Å²) in [6.45, 7) is 10.6. The van der Waals surface area contributed by atoms with Gasteiger partial charge in [-0.05, 0) is 108 Å². The molecule has 0 spiro atoms. The van der Waals surface area contributed by atoms with Crippen molar-refractivity contribution in [1.29, 1.82) is 0 Å². The van der Waals surface area contributed by atoms with Gasteiger partial charge in [-0.15, -0.1) is 56.7 Å². The maximum Gasteiger partial charge on any atom is 0.314 e. The van der Waals surface area contributed by atoms with Gasteiger partial charge in [0.1, 0.15) is 87.5 Å². The highest BCUT2D eigenvalue weighted by Crippen LogP contribution is 2.47. The lowest BCUT2D eigenvalue weighted by Crippen LogP contribution is -2.50. The highest BCUT2D eigenvalue weighted by molar-refractivity contribution is 7.19. The first-order valence-electron chi connectivity index (χ1n) is 47.5. The number of fused-ring (bicyclic) bond motifs is 5. The number of hydrogen-bond acceptors (Lipinski definition) is 30. The SMILES string of the molecule is CC(=O)N1CCN(c2nc(-c3ccccn3)nc3scc(-c4ccccc4)c23)CC1.NC(=O)C1CCCN(c2nc(-c3ccccn3)nc3scc(-c4ccccc4)c23)C1.NC(=O)N1CCN(c2nc(-c3ccccn3)nc3scc(-c4ccccc4)c23)CC1.O=C1CCN(c2nc(-c3ccccn3)nc3scc(-c4ccccc4)c23)CC1.OCCCNc1nc(-c2ccccn2)nc2scc(-c3ccccc3)c12. The molecule has 19 heterocycles. The summed E-state index contributed by atoms with van der Waals surface area (Å²) in [5.74, 6) is 7.43. The van der Waals surface area contributed by atoms with Crippen LogP contribution in [0.4, 0.5) is 33.9 Å². The average molecular weight is 2000 g/mol. The number of primary amides is 2. The van der Waals surface area contributed by atoms with Gasteiger partial charge in [-0.2, -0.15) is 0 Å². The largest absolute Gasteiger partial charge is 0.396 e. The van der Waals surface area contributed by atoms with Gasteiger partial charge >= 0.3 is 6.03 Å². The third kappa shape index (κ3) is 21.5. The minimum absolute atomic E-state index is 0.122. The summed E-state index contributed by atoms with van der Waals surface area (Å²) in [7, 11) is 0. The first-order chi connectivity index (χ1) is 70.8. The molecule has 6 N–H and O–H groups in total. The molecular formula is C110H98N24O5S5. The van der Waals surface area contributed by atoms with Gasteiger partial charge in [0.2, 0.25) is 11.8 Å². The lowest BCUT2D eigenvalue weighted by Gasteiger charge is -2.35. The van der Waals surface area contributed by atoms with Crippen molar-refractivity contribution in [3.8, 4) is 113 Å². The van der Waals surface area contributed by atoms with Gasteiger partial charge in [-0.3, -0.25) is 39.3 Å². The first-order valence-corrected chi connectivity index (χ1v) is 51.9. The monoisotopic (exact) mass is 1990 g/mol. The molecule has 24 rings (SSSR count). The standard InChI is InChI=1S/2C23H21N5OS.C22H20N6OS.C22H18N4OS.C20H18N4OS/c1-16(29)27-11-13-28(14-12-27)22-20-18(17-7-3-2-4-8-17)15-30-23(20)26-21(25-22)19-9-5-6-10-24-19;24-20(29)16-9-6-12-28(13-16)22-19-17(15-7-2-1-3-8-15)14-30-23(19)27-21(26-22)18-10-4-5-11-25-18;23-22(29)28-12-10-27(11-13-28)20-18-16(15-6-2-1-3-7-15)14-30-21(18)26-19(25-20)17-8-4-5-9-24-17;27-16-9-12-26(13-10-16)21-19-17(15-6-2-1-3-7-15)14-28-22(19)25-20(24-21)18-8-4-5-11-23-18;25-12-6-11-22-19-17-15(14-7-2-1-3-8-14)13-26-20(17)24-18(23-19)16-9-4-5-10-21-16/h2-10,15H,11-14H2,1H3;1-5,7-8,10-11,14,16H,6,9,12-13H2,(H2,24,29);1-9,14H,10-13H2,(H2,23,29);1-8,11,14H,9-10,12-13H2;1-5,7-10,13,25H,6,11-12H2,(H,22,23,24). The van der Waals surface area contributed by atoms with Crippen LogP contribution in [0.5, 0.6) is 0 Å². The third-order valence-corrected chi connectivity index (χ3v) is 29.6. The van der Waals surface area contributed by atoms with Crippen LogP contribution >= 0.6 is 56.7 Å². The van der Waals surface area contributed by atoms with Gasteiger partial charge in [-0.1, -0.05) is 182 Å². The number of urea groups is 1. The number of Topliss-reactive ketones (excluding diaryl/α,β-unsaturated/α-hetero) is 1. The summed E-state index contributed by atoms with van der Waals surface area (Å²) in [6.07, 6.45) is 12.3. The molecule has 4 amide bonds. The Balaban J connectivity index is 0.000000110. The van der Waals surface area contributed by atoms with Crippen molar-refractivity contribution < 1.29 is 24.3 Å². The number of carbonyl (C=O) groups is 4. The second kappa shape index (κ2) is 44.8. The number of aromatic nitrogens is 15. The number of nitrogens with zero attached hydrogens (tertiary/aromatic N) is 21. The van der Waals surface area contributed by atoms with Crippen LogP contribution in [0.25, 0.3) is 164 Å². The van der Waals surface area contributed by atoms with Crippen molar-refractivity contribution >= 4 is 160 Å². The molecule has 0 aliphatic carbocycles. The van der Waals surface area contributed by atoms with Crippen molar-refractivity contribution in [2.45, 2.75) is 39.0 Å². The van der Waals surface area contributed by atoms with Gasteiger partial charge in [0.05, 0.1) is 32.8 Å². The molecule has 0 saturated carbocycles. The van der Waals surface area contributed by atoms with Crippen LogP contribution in [0, 0.1) is 5.92 Å². The van der Waals surface area contributed by atoms with Gasteiger partial charge in [0.25, 0.3) is 0 Å². The minimum Gasteiger partial charge on any atom is -0.396 e. The smallest absolute Gasteiger partial charge is 0.314 e. The number of pyridine rings is 5. The number of aliphatic hydroxyl groups excluding tert-OH is 1. The van der Waals surface area contributed by atoms with Crippen LogP contribution in [-0.4, -0.2) is 205 Å². The number of thiophene rings is 5. The molecule has 4 saturated heterocycles. The number of ketones is 1. The fourth-order valence-electron chi connectivity index (χ4n) is 17.9. The molecule has 4 aliphatic heterocycles. The number of anilines is 5. The van der Waals surface area contributed by atoms with Crippen molar-refractivity contribution in [3.05, 3.63) is 301 Å². The Bertz CT molecular complexity index is 7650. The van der Waals surface area contributed by atoms with Crippen molar-refractivity contribution in [3.63, 3.8) is 0 Å². The second-order valence-electron chi connectivity index (χ2n) is 34.5. The van der Waals surface area contributed by atoms with Crippen molar-refractivity contribution in [2.24, 2.45) is 17.4 Å². The molecule has 15 aromatic heterocycles. The van der Waals surface area contributed by atoms with E-state index in [4.69, 9.17) is 66.4 Å². The predicted molar refractivity (Wildman–Crippen MR) is 579 cm³/mol. The van der Waals surface area contributed by atoms with E-state index >= 15 is 0 Å². The molecule has 718 valence electrons. The number of rotatable bonds is 19. The summed E-state index contributed by atoms with van der Waals surface area (Å²) >= 11 is 8.07. The molecule has 4 fully saturated rings. The molecule has 1 atom stereocenters. The molecule has 0 radical (unpaired) electrons. The lowest BCUT2D eigenvalue weighted by atomic mass is 9.97. The zero-order valence-corrected chi connectivity index (χ0v) is 82.6. The number of amides is 4. The van der Waals surface area contributed by atoms with E-state index in [-0.39, 0.29) is 30.4 Å². The van der Waals surface area contributed by atoms with Gasteiger partial charge in [0.15, 0.2) is 29.1 Å². The van der Waals surface area contributed by atoms with E-state index in [9.17, 15) is 19.2 Å². The van der Waals surface area contributed by atoms with Crippen LogP contribution in [0.15, 0.2) is 301 Å². The Morgan fingerprint density at radius 3 is 0.938 bits per heavy atom. The number of carbonyl (C=O) groups excluding carboxylic acids is 4. The number of benzene rings is 5. The van der Waals surface area contributed by atoms with Crippen LogP contribution < -0.4 is 36.4 Å². The summed E-state index contributed by atoms with van der Waals surface area (Å²) in [6, 6.07) is 79.8.